The Kier molecular flexibility index (Phi) is 3.66. The Morgan fingerprint density at radius 1 is 1.50 bits per heavy atom. The van der Waals surface area contributed by atoms with Crippen LogP contribution in [0.3, 0.4) is 0 Å². The van der Waals surface area contributed by atoms with E-state index in [4.69, 9.17) is 4.74 Å². The maximum absolute atomic E-state index is 11.5. The fourth-order valence-electron chi connectivity index (χ4n) is 1.45. The van der Waals surface area contributed by atoms with Gasteiger partial charge in [0.25, 0.3) is 0 Å². The molecular weight excluding hydrogens is 250 g/mol. The second-order valence-electron chi connectivity index (χ2n) is 3.88. The highest BCUT2D eigenvalue weighted by Crippen LogP contribution is 2.32. The van der Waals surface area contributed by atoms with E-state index in [1.807, 2.05) is 25.1 Å². The van der Waals surface area contributed by atoms with Crippen LogP contribution in [0.4, 0.5) is 9.93 Å². The summed E-state index contributed by atoms with van der Waals surface area (Å²) in [4.78, 5) is 17.4. The Bertz CT molecular complexity index is 565. The number of rotatable bonds is 3. The molecule has 2 amide bonds. The molecule has 6 heteroatoms. The van der Waals surface area contributed by atoms with Gasteiger partial charge in [0.15, 0.2) is 5.13 Å². The molecule has 0 aliphatic rings. The number of carbonyl (C=O) groups is 1. The number of para-hydroxylation sites is 1. The molecule has 0 atom stereocenters. The van der Waals surface area contributed by atoms with E-state index < -0.39 is 0 Å². The number of amides is 2. The van der Waals surface area contributed by atoms with Crippen LogP contribution in [0, 0.1) is 0 Å². The van der Waals surface area contributed by atoms with Crippen molar-refractivity contribution in [3.05, 3.63) is 18.2 Å². The Hall–Kier alpha value is -1.82. The van der Waals surface area contributed by atoms with E-state index in [1.165, 1.54) is 16.2 Å². The van der Waals surface area contributed by atoms with Crippen LogP contribution in [0.25, 0.3) is 10.2 Å². The minimum absolute atomic E-state index is 0.188. The topological polar surface area (TPSA) is 54.5 Å². The van der Waals surface area contributed by atoms with Crippen LogP contribution in [-0.2, 0) is 0 Å². The van der Waals surface area contributed by atoms with Crippen molar-refractivity contribution >= 4 is 32.7 Å². The molecule has 0 aliphatic heterocycles. The summed E-state index contributed by atoms with van der Waals surface area (Å²) in [7, 11) is 3.38. The molecule has 0 saturated heterocycles. The van der Waals surface area contributed by atoms with E-state index in [2.05, 4.69) is 10.3 Å². The molecule has 96 valence electrons. The van der Waals surface area contributed by atoms with Crippen LogP contribution in [0.5, 0.6) is 5.75 Å². The van der Waals surface area contributed by atoms with Gasteiger partial charge in [0, 0.05) is 14.1 Å². The van der Waals surface area contributed by atoms with Gasteiger partial charge in [-0.15, -0.1) is 0 Å². The molecule has 18 heavy (non-hydrogen) atoms. The second-order valence-corrected chi connectivity index (χ2v) is 4.91. The molecule has 0 aliphatic carbocycles. The quantitative estimate of drug-likeness (QED) is 0.928. The number of fused-ring (bicyclic) bond motifs is 1. The van der Waals surface area contributed by atoms with Gasteiger partial charge in [0.1, 0.15) is 11.3 Å². The SMILES string of the molecule is CCOc1cccc2sc(NC(=O)N(C)C)nc12. The predicted molar refractivity (Wildman–Crippen MR) is 73.5 cm³/mol. The summed E-state index contributed by atoms with van der Waals surface area (Å²) < 4.78 is 6.50. The molecule has 1 N–H and O–H groups in total. The zero-order valence-electron chi connectivity index (χ0n) is 10.6. The smallest absolute Gasteiger partial charge is 0.323 e. The van der Waals surface area contributed by atoms with Crippen molar-refractivity contribution in [1.29, 1.82) is 0 Å². The first kappa shape index (κ1) is 12.6. The van der Waals surface area contributed by atoms with Crippen molar-refractivity contribution in [2.75, 3.05) is 26.0 Å². The fraction of sp³-hybridized carbons (Fsp3) is 0.333. The van der Waals surface area contributed by atoms with Crippen LogP contribution in [0.1, 0.15) is 6.92 Å². The van der Waals surface area contributed by atoms with E-state index in [0.717, 1.165) is 16.0 Å². The normalized spacial score (nSPS) is 10.4. The van der Waals surface area contributed by atoms with Crippen LogP contribution in [0.15, 0.2) is 18.2 Å². The summed E-state index contributed by atoms with van der Waals surface area (Å²) in [6, 6.07) is 5.57. The third-order valence-corrected chi connectivity index (χ3v) is 3.24. The summed E-state index contributed by atoms with van der Waals surface area (Å²) in [6.45, 7) is 2.52. The highest BCUT2D eigenvalue weighted by atomic mass is 32.1. The van der Waals surface area contributed by atoms with E-state index in [1.54, 1.807) is 14.1 Å². The van der Waals surface area contributed by atoms with Crippen molar-refractivity contribution in [1.82, 2.24) is 9.88 Å². The lowest BCUT2D eigenvalue weighted by atomic mass is 10.3. The number of hydrogen-bond acceptors (Lipinski definition) is 4. The zero-order valence-corrected chi connectivity index (χ0v) is 11.4. The monoisotopic (exact) mass is 265 g/mol. The molecule has 1 aromatic heterocycles. The molecule has 2 rings (SSSR count). The number of hydrogen-bond donors (Lipinski definition) is 1. The van der Waals surface area contributed by atoms with Crippen LogP contribution >= 0.6 is 11.3 Å². The summed E-state index contributed by atoms with van der Waals surface area (Å²) in [5, 5.41) is 3.32. The van der Waals surface area contributed by atoms with Crippen molar-refractivity contribution < 1.29 is 9.53 Å². The van der Waals surface area contributed by atoms with Gasteiger partial charge >= 0.3 is 6.03 Å². The minimum atomic E-state index is -0.188. The van der Waals surface area contributed by atoms with E-state index in [0.29, 0.717) is 11.7 Å². The highest BCUT2D eigenvalue weighted by molar-refractivity contribution is 7.22. The number of nitrogens with zero attached hydrogens (tertiary/aromatic N) is 2. The Morgan fingerprint density at radius 2 is 2.28 bits per heavy atom. The van der Waals surface area contributed by atoms with E-state index in [9.17, 15) is 4.79 Å². The van der Waals surface area contributed by atoms with Crippen LogP contribution in [0.2, 0.25) is 0 Å². The van der Waals surface area contributed by atoms with Crippen molar-refractivity contribution in [3.8, 4) is 5.75 Å². The van der Waals surface area contributed by atoms with Gasteiger partial charge in [-0.2, -0.15) is 0 Å². The predicted octanol–water partition coefficient (Wildman–Crippen LogP) is 2.79. The van der Waals surface area contributed by atoms with Gasteiger partial charge in [-0.3, -0.25) is 5.32 Å². The zero-order chi connectivity index (χ0) is 13.1. The lowest BCUT2D eigenvalue weighted by Gasteiger charge is -2.09. The molecule has 5 nitrogen and oxygen atoms in total. The average Bonchev–Trinajstić information content (AvgIpc) is 2.72. The summed E-state index contributed by atoms with van der Waals surface area (Å²) in [5.41, 5.74) is 0.790. The number of urea groups is 1. The van der Waals surface area contributed by atoms with Crippen molar-refractivity contribution in [2.24, 2.45) is 0 Å². The van der Waals surface area contributed by atoms with Gasteiger partial charge in [0.05, 0.1) is 11.3 Å². The molecule has 0 radical (unpaired) electrons. The molecule has 1 aromatic carbocycles. The second kappa shape index (κ2) is 5.22. The molecule has 1 heterocycles. The van der Waals surface area contributed by atoms with Crippen molar-refractivity contribution in [3.63, 3.8) is 0 Å². The summed E-state index contributed by atoms with van der Waals surface area (Å²) in [5.74, 6) is 0.747. The number of ether oxygens (including phenoxy) is 1. The number of aromatic nitrogens is 1. The molecule has 2 aromatic rings. The van der Waals surface area contributed by atoms with Gasteiger partial charge in [-0.05, 0) is 19.1 Å². The first-order valence-corrected chi connectivity index (χ1v) is 6.44. The van der Waals surface area contributed by atoms with Gasteiger partial charge in [0.2, 0.25) is 0 Å². The highest BCUT2D eigenvalue weighted by Gasteiger charge is 2.11. The van der Waals surface area contributed by atoms with E-state index >= 15 is 0 Å². The number of anilines is 1. The first-order valence-electron chi connectivity index (χ1n) is 5.62. The van der Waals surface area contributed by atoms with Crippen LogP contribution in [-0.4, -0.2) is 36.6 Å². The largest absolute Gasteiger partial charge is 0.492 e. The molecule has 0 spiro atoms. The first-order chi connectivity index (χ1) is 8.61. The Morgan fingerprint density at radius 3 is 2.94 bits per heavy atom. The molecule has 0 saturated carbocycles. The number of nitrogens with one attached hydrogen (secondary N) is 1. The summed E-state index contributed by atoms with van der Waals surface area (Å²) >= 11 is 1.43. The third kappa shape index (κ3) is 2.53. The van der Waals surface area contributed by atoms with Gasteiger partial charge in [-0.25, -0.2) is 9.78 Å². The maximum Gasteiger partial charge on any atom is 0.323 e. The lowest BCUT2D eigenvalue weighted by Crippen LogP contribution is -2.27. The molecule has 0 bridgehead atoms. The fourth-order valence-corrected chi connectivity index (χ4v) is 2.33. The molecule has 0 unspecified atom stereocenters. The van der Waals surface area contributed by atoms with Crippen LogP contribution < -0.4 is 10.1 Å². The minimum Gasteiger partial charge on any atom is -0.492 e. The standard InChI is InChI=1S/C12H15N3O2S/c1-4-17-8-6-5-7-9-10(8)13-11(18-9)14-12(16)15(2)3/h5-7H,4H2,1-3H3,(H,13,14,16). The Labute approximate surface area is 109 Å². The lowest BCUT2D eigenvalue weighted by molar-refractivity contribution is 0.230. The molecular formula is C12H15N3O2S. The van der Waals surface area contributed by atoms with Gasteiger partial charge in [-0.1, -0.05) is 17.4 Å². The summed E-state index contributed by atoms with van der Waals surface area (Å²) in [6.07, 6.45) is 0. The Balaban J connectivity index is 2.32. The number of thiazole rings is 1. The maximum atomic E-state index is 11.5. The van der Waals surface area contributed by atoms with Gasteiger partial charge < -0.3 is 9.64 Å². The number of carbonyl (C=O) groups excluding carboxylic acids is 1. The van der Waals surface area contributed by atoms with Crippen molar-refractivity contribution in [2.45, 2.75) is 6.92 Å². The van der Waals surface area contributed by atoms with E-state index in [-0.39, 0.29) is 6.03 Å². The average molecular weight is 265 g/mol. The third-order valence-electron chi connectivity index (χ3n) is 2.30. The number of benzene rings is 1. The molecule has 0 fully saturated rings.